The van der Waals surface area contributed by atoms with Gasteiger partial charge in [0.1, 0.15) is 0 Å². The average molecular weight is 241 g/mol. The molecule has 18 heavy (non-hydrogen) atoms. The number of aromatic nitrogens is 1. The van der Waals surface area contributed by atoms with Gasteiger partial charge >= 0.3 is 0 Å². The minimum atomic E-state index is 0.291. The molecule has 0 aliphatic heterocycles. The molecule has 0 radical (unpaired) electrons. The van der Waals surface area contributed by atoms with Crippen LogP contribution in [0.4, 0.5) is 11.4 Å². The SMILES string of the molecule is CCC1(Nc2ccnc3c(N)cccc23)CCC1. The van der Waals surface area contributed by atoms with Gasteiger partial charge in [-0.25, -0.2) is 0 Å². The molecule has 3 rings (SSSR count). The number of benzene rings is 1. The van der Waals surface area contributed by atoms with Crippen LogP contribution in [0, 0.1) is 0 Å². The Morgan fingerprint density at radius 1 is 1.33 bits per heavy atom. The molecule has 0 unspecified atom stereocenters. The highest BCUT2D eigenvalue weighted by molar-refractivity contribution is 5.97. The third-order valence-corrected chi connectivity index (χ3v) is 4.19. The normalized spacial score (nSPS) is 17.4. The van der Waals surface area contributed by atoms with Crippen LogP contribution in [0.1, 0.15) is 32.6 Å². The van der Waals surface area contributed by atoms with Gasteiger partial charge in [0.25, 0.3) is 0 Å². The molecule has 1 heterocycles. The van der Waals surface area contributed by atoms with Crippen LogP contribution in [0.5, 0.6) is 0 Å². The number of hydrogen-bond donors (Lipinski definition) is 2. The van der Waals surface area contributed by atoms with Gasteiger partial charge in [0.2, 0.25) is 0 Å². The molecule has 0 amide bonds. The van der Waals surface area contributed by atoms with Gasteiger partial charge < -0.3 is 11.1 Å². The zero-order chi connectivity index (χ0) is 12.6. The molecule has 0 spiro atoms. The Bertz CT molecular complexity index is 567. The predicted octanol–water partition coefficient (Wildman–Crippen LogP) is 3.56. The number of rotatable bonds is 3. The van der Waals surface area contributed by atoms with Crippen molar-refractivity contribution < 1.29 is 0 Å². The van der Waals surface area contributed by atoms with Crippen molar-refractivity contribution in [2.24, 2.45) is 0 Å². The molecule has 1 aromatic heterocycles. The third kappa shape index (κ3) is 1.70. The summed E-state index contributed by atoms with van der Waals surface area (Å²) in [4.78, 5) is 4.38. The molecule has 3 N–H and O–H groups in total. The molecule has 94 valence electrons. The summed E-state index contributed by atoms with van der Waals surface area (Å²) in [5, 5.41) is 4.84. The fourth-order valence-corrected chi connectivity index (χ4v) is 2.76. The summed E-state index contributed by atoms with van der Waals surface area (Å²) >= 11 is 0. The molecule has 2 aromatic rings. The number of anilines is 2. The van der Waals surface area contributed by atoms with Gasteiger partial charge in [0.15, 0.2) is 0 Å². The monoisotopic (exact) mass is 241 g/mol. The van der Waals surface area contributed by atoms with E-state index in [0.29, 0.717) is 5.54 Å². The number of nitrogens with zero attached hydrogens (tertiary/aromatic N) is 1. The molecule has 0 atom stereocenters. The number of hydrogen-bond acceptors (Lipinski definition) is 3. The maximum absolute atomic E-state index is 5.98. The minimum Gasteiger partial charge on any atom is -0.397 e. The van der Waals surface area contributed by atoms with E-state index in [2.05, 4.69) is 29.4 Å². The van der Waals surface area contributed by atoms with Crippen molar-refractivity contribution in [3.8, 4) is 0 Å². The smallest absolute Gasteiger partial charge is 0.0951 e. The zero-order valence-corrected chi connectivity index (χ0v) is 10.7. The van der Waals surface area contributed by atoms with E-state index < -0.39 is 0 Å². The highest BCUT2D eigenvalue weighted by Crippen LogP contribution is 2.39. The largest absolute Gasteiger partial charge is 0.397 e. The summed E-state index contributed by atoms with van der Waals surface area (Å²) < 4.78 is 0. The zero-order valence-electron chi connectivity index (χ0n) is 10.7. The summed E-state index contributed by atoms with van der Waals surface area (Å²) in [6.07, 6.45) is 6.85. The summed E-state index contributed by atoms with van der Waals surface area (Å²) in [5.41, 5.74) is 9.07. The Hall–Kier alpha value is -1.77. The first kappa shape index (κ1) is 11.3. The summed E-state index contributed by atoms with van der Waals surface area (Å²) in [5.74, 6) is 0. The van der Waals surface area contributed by atoms with E-state index in [4.69, 9.17) is 5.73 Å². The van der Waals surface area contributed by atoms with Crippen molar-refractivity contribution in [2.45, 2.75) is 38.1 Å². The fourth-order valence-electron chi connectivity index (χ4n) is 2.76. The average Bonchev–Trinajstić information content (AvgIpc) is 2.35. The van der Waals surface area contributed by atoms with Gasteiger partial charge in [-0.1, -0.05) is 19.1 Å². The van der Waals surface area contributed by atoms with E-state index in [1.165, 1.54) is 25.7 Å². The van der Waals surface area contributed by atoms with E-state index in [1.54, 1.807) is 0 Å². The van der Waals surface area contributed by atoms with Crippen LogP contribution < -0.4 is 11.1 Å². The van der Waals surface area contributed by atoms with Gasteiger partial charge in [-0.3, -0.25) is 4.98 Å². The van der Waals surface area contributed by atoms with Gasteiger partial charge in [0.05, 0.1) is 11.2 Å². The van der Waals surface area contributed by atoms with Crippen LogP contribution >= 0.6 is 0 Å². The lowest BCUT2D eigenvalue weighted by Gasteiger charge is -2.43. The Kier molecular flexibility index (Phi) is 2.62. The molecule has 3 heteroatoms. The summed E-state index contributed by atoms with van der Waals surface area (Å²) in [7, 11) is 0. The standard InChI is InChI=1S/C15H19N3/c1-2-15(8-4-9-15)18-13-7-10-17-14-11(13)5-3-6-12(14)16/h3,5-7,10H,2,4,8-9,16H2,1H3,(H,17,18). The highest BCUT2D eigenvalue weighted by atomic mass is 15.0. The third-order valence-electron chi connectivity index (χ3n) is 4.19. The van der Waals surface area contributed by atoms with Gasteiger partial charge in [-0.05, 0) is 37.8 Å². The van der Waals surface area contributed by atoms with Gasteiger partial charge in [0, 0.05) is 22.8 Å². The topological polar surface area (TPSA) is 50.9 Å². The second-order valence-electron chi connectivity index (χ2n) is 5.21. The van der Waals surface area contributed by atoms with Crippen molar-refractivity contribution in [1.82, 2.24) is 4.98 Å². The number of fused-ring (bicyclic) bond motifs is 1. The van der Waals surface area contributed by atoms with Crippen LogP contribution in [0.25, 0.3) is 10.9 Å². The van der Waals surface area contributed by atoms with Crippen LogP contribution in [0.2, 0.25) is 0 Å². The first-order valence-corrected chi connectivity index (χ1v) is 6.65. The quantitative estimate of drug-likeness (QED) is 0.808. The Morgan fingerprint density at radius 2 is 2.17 bits per heavy atom. The first-order valence-electron chi connectivity index (χ1n) is 6.65. The van der Waals surface area contributed by atoms with Crippen LogP contribution in [-0.2, 0) is 0 Å². The second kappa shape index (κ2) is 4.16. The molecule has 1 fully saturated rings. The lowest BCUT2D eigenvalue weighted by molar-refractivity contribution is 0.270. The number of nitrogen functional groups attached to an aromatic ring is 1. The lowest BCUT2D eigenvalue weighted by Crippen LogP contribution is -2.44. The van der Waals surface area contributed by atoms with Crippen molar-refractivity contribution >= 4 is 22.3 Å². The molecule has 1 aromatic carbocycles. The number of pyridine rings is 1. The summed E-state index contributed by atoms with van der Waals surface area (Å²) in [6, 6.07) is 8.03. The second-order valence-corrected chi connectivity index (χ2v) is 5.21. The molecule has 1 aliphatic carbocycles. The van der Waals surface area contributed by atoms with Crippen molar-refractivity contribution in [3.05, 3.63) is 30.5 Å². The first-order chi connectivity index (χ1) is 8.74. The van der Waals surface area contributed by atoms with E-state index in [1.807, 2.05) is 18.3 Å². The molecular formula is C15H19N3. The number of nitrogens with two attached hydrogens (primary N) is 1. The summed E-state index contributed by atoms with van der Waals surface area (Å²) in [6.45, 7) is 2.25. The molecule has 1 aliphatic rings. The molecule has 1 saturated carbocycles. The maximum Gasteiger partial charge on any atom is 0.0951 e. The van der Waals surface area contributed by atoms with Crippen LogP contribution in [0.15, 0.2) is 30.5 Å². The van der Waals surface area contributed by atoms with Crippen molar-refractivity contribution in [3.63, 3.8) is 0 Å². The number of para-hydroxylation sites is 1. The van der Waals surface area contributed by atoms with Gasteiger partial charge in [-0.15, -0.1) is 0 Å². The molecular weight excluding hydrogens is 222 g/mol. The van der Waals surface area contributed by atoms with Crippen molar-refractivity contribution in [1.29, 1.82) is 0 Å². The molecule has 3 nitrogen and oxygen atoms in total. The van der Waals surface area contributed by atoms with E-state index in [0.717, 1.165) is 22.3 Å². The predicted molar refractivity (Wildman–Crippen MR) is 76.7 cm³/mol. The Balaban J connectivity index is 2.04. The van der Waals surface area contributed by atoms with E-state index in [-0.39, 0.29) is 0 Å². The van der Waals surface area contributed by atoms with Crippen molar-refractivity contribution in [2.75, 3.05) is 11.1 Å². The Labute approximate surface area is 107 Å². The molecule has 0 bridgehead atoms. The fraction of sp³-hybridized carbons (Fsp3) is 0.400. The maximum atomic E-state index is 5.98. The number of nitrogens with one attached hydrogen (secondary N) is 1. The van der Waals surface area contributed by atoms with E-state index >= 15 is 0 Å². The molecule has 0 saturated heterocycles. The van der Waals surface area contributed by atoms with Crippen LogP contribution in [-0.4, -0.2) is 10.5 Å². The van der Waals surface area contributed by atoms with E-state index in [9.17, 15) is 0 Å². The Morgan fingerprint density at radius 3 is 2.83 bits per heavy atom. The van der Waals surface area contributed by atoms with Crippen LogP contribution in [0.3, 0.4) is 0 Å². The lowest BCUT2D eigenvalue weighted by atomic mass is 9.74. The highest BCUT2D eigenvalue weighted by Gasteiger charge is 2.35. The van der Waals surface area contributed by atoms with Gasteiger partial charge in [-0.2, -0.15) is 0 Å². The minimum absolute atomic E-state index is 0.291.